The van der Waals surface area contributed by atoms with Crippen molar-refractivity contribution in [2.24, 2.45) is 0 Å². The Bertz CT molecular complexity index is 939. The first-order chi connectivity index (χ1) is 14.5. The number of nitrogens with zero attached hydrogens (tertiary/aromatic N) is 1. The highest BCUT2D eigenvalue weighted by atomic mass is 16.5. The zero-order valence-electron chi connectivity index (χ0n) is 17.5. The van der Waals surface area contributed by atoms with Gasteiger partial charge in [-0.15, -0.1) is 0 Å². The number of fused-ring (bicyclic) bond motifs is 1. The van der Waals surface area contributed by atoms with Gasteiger partial charge in [-0.25, -0.2) is 0 Å². The molecule has 1 saturated heterocycles. The van der Waals surface area contributed by atoms with Crippen LogP contribution in [0.4, 0.5) is 0 Å². The van der Waals surface area contributed by atoms with Crippen molar-refractivity contribution < 1.29 is 23.8 Å². The molecule has 0 N–H and O–H groups in total. The summed E-state index contributed by atoms with van der Waals surface area (Å²) in [6, 6.07) is 13.2. The normalized spacial score (nSPS) is 20.1. The highest BCUT2D eigenvalue weighted by Crippen LogP contribution is 2.40. The largest absolute Gasteiger partial charge is 0.497 e. The Hall–Kier alpha value is -3.02. The molecule has 0 radical (unpaired) electrons. The quantitative estimate of drug-likeness (QED) is 0.729. The molecular weight excluding hydrogens is 382 g/mol. The Morgan fingerprint density at radius 1 is 1.17 bits per heavy atom. The third-order valence-electron chi connectivity index (χ3n) is 5.88. The fraction of sp³-hybridized carbons (Fsp3) is 0.417. The van der Waals surface area contributed by atoms with Gasteiger partial charge in [-0.2, -0.15) is 0 Å². The number of rotatable bonds is 6. The van der Waals surface area contributed by atoms with Gasteiger partial charge in [0, 0.05) is 13.0 Å². The van der Waals surface area contributed by atoms with E-state index in [0.29, 0.717) is 49.6 Å². The lowest BCUT2D eigenvalue weighted by Gasteiger charge is -2.34. The number of benzene rings is 2. The lowest BCUT2D eigenvalue weighted by molar-refractivity contribution is -0.131. The summed E-state index contributed by atoms with van der Waals surface area (Å²) in [6.07, 6.45) is 2.21. The van der Waals surface area contributed by atoms with E-state index in [1.54, 1.807) is 30.2 Å². The van der Waals surface area contributed by atoms with E-state index in [1.807, 2.05) is 24.3 Å². The molecule has 2 heterocycles. The Morgan fingerprint density at radius 2 is 1.93 bits per heavy atom. The van der Waals surface area contributed by atoms with Gasteiger partial charge in [0.05, 0.1) is 38.7 Å². The fourth-order valence-corrected chi connectivity index (χ4v) is 4.12. The maximum atomic E-state index is 12.7. The molecule has 0 aliphatic carbocycles. The van der Waals surface area contributed by atoms with Crippen LogP contribution in [0.2, 0.25) is 0 Å². The van der Waals surface area contributed by atoms with Crippen molar-refractivity contribution in [2.75, 3.05) is 26.8 Å². The molecular formula is C24H27NO5. The van der Waals surface area contributed by atoms with E-state index in [1.165, 1.54) is 5.56 Å². The van der Waals surface area contributed by atoms with Gasteiger partial charge in [0.2, 0.25) is 5.91 Å². The Balaban J connectivity index is 1.33. The highest BCUT2D eigenvalue weighted by Gasteiger charge is 2.46. The monoisotopic (exact) mass is 409 g/mol. The van der Waals surface area contributed by atoms with E-state index >= 15 is 0 Å². The lowest BCUT2D eigenvalue weighted by atomic mass is 9.89. The number of aryl methyl sites for hydroxylation is 1. The average molecular weight is 409 g/mol. The van der Waals surface area contributed by atoms with Crippen LogP contribution in [0.5, 0.6) is 17.2 Å². The van der Waals surface area contributed by atoms with E-state index in [-0.39, 0.29) is 18.1 Å². The van der Waals surface area contributed by atoms with Gasteiger partial charge in [-0.1, -0.05) is 19.1 Å². The molecule has 2 aliphatic heterocycles. The molecule has 2 aliphatic rings. The number of methoxy groups -OCH3 is 1. The number of amides is 1. The average Bonchev–Trinajstić information content (AvgIpc) is 3.17. The molecule has 2 aromatic rings. The first-order valence-corrected chi connectivity index (χ1v) is 10.4. The molecule has 0 saturated carbocycles. The predicted octanol–water partition coefficient (Wildman–Crippen LogP) is 3.66. The van der Waals surface area contributed by atoms with Gasteiger partial charge in [-0.3, -0.25) is 9.59 Å². The topological polar surface area (TPSA) is 65.1 Å². The zero-order chi connectivity index (χ0) is 21.1. The summed E-state index contributed by atoms with van der Waals surface area (Å²) in [6.45, 7) is 3.45. The summed E-state index contributed by atoms with van der Waals surface area (Å²) < 4.78 is 17.1. The van der Waals surface area contributed by atoms with Gasteiger partial charge < -0.3 is 19.1 Å². The molecule has 30 heavy (non-hydrogen) atoms. The van der Waals surface area contributed by atoms with Crippen LogP contribution in [0, 0.1) is 0 Å². The van der Waals surface area contributed by atoms with Crippen LogP contribution in [-0.4, -0.2) is 49.0 Å². The van der Waals surface area contributed by atoms with Gasteiger partial charge in [-0.05, 0) is 42.3 Å². The van der Waals surface area contributed by atoms with Crippen molar-refractivity contribution >= 4 is 11.7 Å². The number of likely N-dealkylation sites (tertiary alicyclic amines) is 1. The van der Waals surface area contributed by atoms with Crippen LogP contribution >= 0.6 is 0 Å². The second-order valence-corrected chi connectivity index (χ2v) is 7.91. The van der Waals surface area contributed by atoms with E-state index in [2.05, 4.69) is 6.92 Å². The van der Waals surface area contributed by atoms with Crippen LogP contribution in [0.25, 0.3) is 0 Å². The summed E-state index contributed by atoms with van der Waals surface area (Å²) in [5.74, 6) is 2.03. The van der Waals surface area contributed by atoms with Crippen LogP contribution < -0.4 is 14.2 Å². The molecule has 0 aromatic heterocycles. The van der Waals surface area contributed by atoms with Crippen LogP contribution in [0.3, 0.4) is 0 Å². The number of carbonyl (C=O) groups excluding carboxylic acids is 2. The van der Waals surface area contributed by atoms with Gasteiger partial charge in [0.25, 0.3) is 0 Å². The maximum Gasteiger partial charge on any atom is 0.226 e. The van der Waals surface area contributed by atoms with E-state index in [4.69, 9.17) is 14.2 Å². The Kier molecular flexibility index (Phi) is 5.66. The van der Waals surface area contributed by atoms with E-state index in [0.717, 1.165) is 12.2 Å². The number of Topliss-reactive ketones (excluding diaryl/α,β-unsaturated/α-hetero) is 1. The van der Waals surface area contributed by atoms with Crippen molar-refractivity contribution in [3.05, 3.63) is 53.6 Å². The Morgan fingerprint density at radius 3 is 2.67 bits per heavy atom. The van der Waals surface area contributed by atoms with Crippen LogP contribution in [0.15, 0.2) is 42.5 Å². The molecule has 6 heteroatoms. The van der Waals surface area contributed by atoms with Crippen molar-refractivity contribution in [3.8, 4) is 17.2 Å². The SMILES string of the molecule is CCc1ccc(OCCC(=O)N2CCC3(CC(=O)c4cc(OC)ccc4O3)C2)cc1. The first-order valence-electron chi connectivity index (χ1n) is 10.4. The van der Waals surface area contributed by atoms with Crippen molar-refractivity contribution in [2.45, 2.75) is 38.2 Å². The van der Waals surface area contributed by atoms with E-state index in [9.17, 15) is 9.59 Å². The molecule has 158 valence electrons. The third kappa shape index (κ3) is 4.13. The summed E-state index contributed by atoms with van der Waals surface area (Å²) >= 11 is 0. The number of ether oxygens (including phenoxy) is 3. The van der Waals surface area contributed by atoms with Crippen molar-refractivity contribution in [1.82, 2.24) is 4.90 Å². The summed E-state index contributed by atoms with van der Waals surface area (Å²) in [5.41, 5.74) is 1.17. The molecule has 1 amide bonds. The molecule has 0 bridgehead atoms. The summed E-state index contributed by atoms with van der Waals surface area (Å²) in [4.78, 5) is 27.2. The molecule has 6 nitrogen and oxygen atoms in total. The maximum absolute atomic E-state index is 12.7. The first kappa shape index (κ1) is 20.3. The van der Waals surface area contributed by atoms with Gasteiger partial charge in [0.1, 0.15) is 22.8 Å². The molecule has 1 atom stereocenters. The summed E-state index contributed by atoms with van der Waals surface area (Å²) in [7, 11) is 1.57. The van der Waals surface area contributed by atoms with E-state index < -0.39 is 5.60 Å². The number of ketones is 1. The standard InChI is InChI=1S/C24H27NO5/c1-3-17-4-6-18(7-5-17)29-13-10-23(27)25-12-11-24(16-25)15-21(26)20-14-19(28-2)8-9-22(20)30-24/h4-9,14H,3,10-13,15-16H2,1-2H3. The molecule has 4 rings (SSSR count). The molecule has 2 aromatic carbocycles. The van der Waals surface area contributed by atoms with Gasteiger partial charge >= 0.3 is 0 Å². The zero-order valence-corrected chi connectivity index (χ0v) is 17.5. The fourth-order valence-electron chi connectivity index (χ4n) is 4.12. The van der Waals surface area contributed by atoms with Crippen LogP contribution in [0.1, 0.15) is 42.1 Å². The molecule has 1 unspecified atom stereocenters. The Labute approximate surface area is 176 Å². The second kappa shape index (κ2) is 8.38. The minimum atomic E-state index is -0.634. The minimum absolute atomic E-state index is 0.0219. The smallest absolute Gasteiger partial charge is 0.226 e. The number of hydrogen-bond acceptors (Lipinski definition) is 5. The van der Waals surface area contributed by atoms with Crippen LogP contribution in [-0.2, 0) is 11.2 Å². The molecule has 1 fully saturated rings. The van der Waals surface area contributed by atoms with Gasteiger partial charge in [0.15, 0.2) is 5.78 Å². The molecule has 1 spiro atoms. The lowest BCUT2D eigenvalue weighted by Crippen LogP contribution is -2.45. The minimum Gasteiger partial charge on any atom is -0.497 e. The summed E-state index contributed by atoms with van der Waals surface area (Å²) in [5, 5.41) is 0. The van der Waals surface area contributed by atoms with Crippen molar-refractivity contribution in [3.63, 3.8) is 0 Å². The predicted molar refractivity (Wildman–Crippen MR) is 112 cm³/mol. The second-order valence-electron chi connectivity index (χ2n) is 7.91. The number of hydrogen-bond donors (Lipinski definition) is 0. The highest BCUT2D eigenvalue weighted by molar-refractivity contribution is 6.01. The van der Waals surface area contributed by atoms with Crippen molar-refractivity contribution in [1.29, 1.82) is 0 Å². The number of carbonyl (C=O) groups is 2. The third-order valence-corrected chi connectivity index (χ3v) is 5.88.